The monoisotopic (exact) mass is 226 g/mol. The first-order valence-electron chi connectivity index (χ1n) is 5.42. The van der Waals surface area contributed by atoms with Gasteiger partial charge in [-0.15, -0.1) is 0 Å². The minimum atomic E-state index is -0.358. The Labute approximate surface area is 95.8 Å². The molecule has 90 valence electrons. The van der Waals surface area contributed by atoms with Gasteiger partial charge in [0.25, 0.3) is 0 Å². The number of nitrogens with one attached hydrogen (secondary N) is 1. The highest BCUT2D eigenvalue weighted by Crippen LogP contribution is 2.17. The van der Waals surface area contributed by atoms with Crippen LogP contribution in [0.4, 0.5) is 10.1 Å². The van der Waals surface area contributed by atoms with Gasteiger partial charge in [-0.05, 0) is 37.6 Å². The molecule has 0 heterocycles. The van der Waals surface area contributed by atoms with Crippen LogP contribution in [0.15, 0.2) is 18.2 Å². The molecule has 1 aromatic rings. The fourth-order valence-corrected chi connectivity index (χ4v) is 1.47. The molecule has 0 bridgehead atoms. The van der Waals surface area contributed by atoms with Crippen molar-refractivity contribution in [2.24, 2.45) is 0 Å². The normalized spacial score (nSPS) is 12.7. The number of methoxy groups -OCH3 is 1. The van der Waals surface area contributed by atoms with Crippen molar-refractivity contribution in [3.63, 3.8) is 0 Å². The molecule has 0 aliphatic heterocycles. The maximum absolute atomic E-state index is 13.2. The van der Waals surface area contributed by atoms with Gasteiger partial charge in [0, 0.05) is 19.8 Å². The zero-order valence-corrected chi connectivity index (χ0v) is 9.79. The molecular formula is C12H19FN2O. The average Bonchev–Trinajstić information content (AvgIpc) is 2.28. The SMILES string of the molecule is COCCCN[C@H](C)c1ccc(N)c(F)c1. The van der Waals surface area contributed by atoms with Crippen LogP contribution >= 0.6 is 0 Å². The second-order valence-electron chi connectivity index (χ2n) is 3.80. The molecule has 0 saturated heterocycles. The lowest BCUT2D eigenvalue weighted by atomic mass is 10.1. The van der Waals surface area contributed by atoms with Crippen LogP contribution in [0.2, 0.25) is 0 Å². The van der Waals surface area contributed by atoms with Gasteiger partial charge < -0.3 is 15.8 Å². The van der Waals surface area contributed by atoms with Crippen LogP contribution in [0.3, 0.4) is 0 Å². The molecule has 0 aromatic heterocycles. The molecule has 3 N–H and O–H groups in total. The fraction of sp³-hybridized carbons (Fsp3) is 0.500. The summed E-state index contributed by atoms with van der Waals surface area (Å²) in [4.78, 5) is 0. The zero-order chi connectivity index (χ0) is 12.0. The number of hydrogen-bond acceptors (Lipinski definition) is 3. The lowest BCUT2D eigenvalue weighted by Gasteiger charge is -2.14. The first kappa shape index (κ1) is 12.9. The average molecular weight is 226 g/mol. The smallest absolute Gasteiger partial charge is 0.146 e. The number of ether oxygens (including phenoxy) is 1. The van der Waals surface area contributed by atoms with Gasteiger partial charge in [-0.3, -0.25) is 0 Å². The van der Waals surface area contributed by atoms with Crippen molar-refractivity contribution >= 4 is 5.69 Å². The lowest BCUT2D eigenvalue weighted by molar-refractivity contribution is 0.193. The first-order chi connectivity index (χ1) is 7.65. The van der Waals surface area contributed by atoms with E-state index >= 15 is 0 Å². The summed E-state index contributed by atoms with van der Waals surface area (Å²) in [5.41, 5.74) is 6.51. The van der Waals surface area contributed by atoms with Gasteiger partial charge in [0.1, 0.15) is 5.82 Å². The molecule has 16 heavy (non-hydrogen) atoms. The summed E-state index contributed by atoms with van der Waals surface area (Å²) in [5.74, 6) is -0.358. The molecule has 4 heteroatoms. The van der Waals surface area contributed by atoms with Crippen molar-refractivity contribution in [3.8, 4) is 0 Å². The molecule has 0 aliphatic carbocycles. The molecule has 0 fully saturated rings. The van der Waals surface area contributed by atoms with Crippen molar-refractivity contribution in [3.05, 3.63) is 29.6 Å². The number of benzene rings is 1. The lowest BCUT2D eigenvalue weighted by Crippen LogP contribution is -2.21. The maximum atomic E-state index is 13.2. The van der Waals surface area contributed by atoms with Crippen LogP contribution in [0.5, 0.6) is 0 Å². The van der Waals surface area contributed by atoms with Crippen LogP contribution in [-0.4, -0.2) is 20.3 Å². The minimum Gasteiger partial charge on any atom is -0.396 e. The summed E-state index contributed by atoms with van der Waals surface area (Å²) in [6.45, 7) is 3.58. The van der Waals surface area contributed by atoms with Gasteiger partial charge >= 0.3 is 0 Å². The van der Waals surface area contributed by atoms with Crippen LogP contribution in [0.25, 0.3) is 0 Å². The third kappa shape index (κ3) is 3.79. The van der Waals surface area contributed by atoms with Crippen molar-refractivity contribution < 1.29 is 9.13 Å². The number of rotatable bonds is 6. The maximum Gasteiger partial charge on any atom is 0.146 e. The Morgan fingerprint density at radius 2 is 2.25 bits per heavy atom. The van der Waals surface area contributed by atoms with E-state index in [0.29, 0.717) is 0 Å². The number of halogens is 1. The molecule has 1 aromatic carbocycles. The van der Waals surface area contributed by atoms with E-state index < -0.39 is 0 Å². The molecule has 0 aliphatic rings. The second kappa shape index (κ2) is 6.45. The summed E-state index contributed by atoms with van der Waals surface area (Å²) in [6, 6.07) is 5.03. The quantitative estimate of drug-likeness (QED) is 0.577. The molecule has 1 atom stereocenters. The molecule has 0 saturated carbocycles. The van der Waals surface area contributed by atoms with Crippen molar-refractivity contribution in [1.29, 1.82) is 0 Å². The van der Waals surface area contributed by atoms with Gasteiger partial charge in [-0.2, -0.15) is 0 Å². The zero-order valence-electron chi connectivity index (χ0n) is 9.79. The van der Waals surface area contributed by atoms with Gasteiger partial charge in [0.2, 0.25) is 0 Å². The van der Waals surface area contributed by atoms with Crippen LogP contribution in [0.1, 0.15) is 24.9 Å². The Balaban J connectivity index is 2.46. The Morgan fingerprint density at radius 3 is 2.88 bits per heavy atom. The van der Waals surface area contributed by atoms with Crippen molar-refractivity contribution in [2.75, 3.05) is 26.0 Å². The number of nitrogens with two attached hydrogens (primary N) is 1. The van der Waals surface area contributed by atoms with Gasteiger partial charge in [-0.1, -0.05) is 6.07 Å². The third-order valence-electron chi connectivity index (χ3n) is 2.50. The fourth-order valence-electron chi connectivity index (χ4n) is 1.47. The minimum absolute atomic E-state index is 0.118. The Kier molecular flexibility index (Phi) is 5.22. The van der Waals surface area contributed by atoms with E-state index in [1.165, 1.54) is 6.07 Å². The number of anilines is 1. The van der Waals surface area contributed by atoms with E-state index in [4.69, 9.17) is 10.5 Å². The summed E-state index contributed by atoms with van der Waals surface area (Å²) in [6.07, 6.45) is 0.943. The molecule has 0 amide bonds. The van der Waals surface area contributed by atoms with E-state index in [1.54, 1.807) is 13.2 Å². The Bertz CT molecular complexity index is 331. The van der Waals surface area contributed by atoms with Crippen molar-refractivity contribution in [1.82, 2.24) is 5.32 Å². The molecule has 0 spiro atoms. The highest BCUT2D eigenvalue weighted by molar-refractivity contribution is 5.41. The second-order valence-corrected chi connectivity index (χ2v) is 3.80. The Hall–Kier alpha value is -1.13. The van der Waals surface area contributed by atoms with Gasteiger partial charge in [-0.25, -0.2) is 4.39 Å². The molecule has 3 nitrogen and oxygen atoms in total. The highest BCUT2D eigenvalue weighted by Gasteiger charge is 2.06. The predicted octanol–water partition coefficient (Wildman–Crippen LogP) is 2.09. The Morgan fingerprint density at radius 1 is 1.50 bits per heavy atom. The summed E-state index contributed by atoms with van der Waals surface area (Å²) in [7, 11) is 1.68. The molecule has 0 radical (unpaired) electrons. The number of nitrogen functional groups attached to an aromatic ring is 1. The molecular weight excluding hydrogens is 207 g/mol. The van der Waals surface area contributed by atoms with E-state index in [0.717, 1.165) is 25.1 Å². The summed E-state index contributed by atoms with van der Waals surface area (Å²) >= 11 is 0. The standard InChI is InChI=1S/C12H19FN2O/c1-9(15-6-3-7-16-2)10-4-5-12(14)11(13)8-10/h4-5,8-9,15H,3,6-7,14H2,1-2H3/t9-/m1/s1. The highest BCUT2D eigenvalue weighted by atomic mass is 19.1. The van der Waals surface area contributed by atoms with Gasteiger partial charge in [0.05, 0.1) is 5.69 Å². The largest absolute Gasteiger partial charge is 0.396 e. The van der Waals surface area contributed by atoms with Crippen LogP contribution < -0.4 is 11.1 Å². The van der Waals surface area contributed by atoms with Gasteiger partial charge in [0.15, 0.2) is 0 Å². The topological polar surface area (TPSA) is 47.3 Å². The third-order valence-corrected chi connectivity index (χ3v) is 2.50. The summed E-state index contributed by atoms with van der Waals surface area (Å²) in [5, 5.41) is 3.29. The summed E-state index contributed by atoms with van der Waals surface area (Å²) < 4.78 is 18.2. The first-order valence-corrected chi connectivity index (χ1v) is 5.42. The van der Waals surface area contributed by atoms with E-state index in [1.807, 2.05) is 13.0 Å². The van der Waals surface area contributed by atoms with E-state index in [9.17, 15) is 4.39 Å². The van der Waals surface area contributed by atoms with E-state index in [-0.39, 0.29) is 17.5 Å². The predicted molar refractivity (Wildman–Crippen MR) is 63.7 cm³/mol. The van der Waals surface area contributed by atoms with E-state index in [2.05, 4.69) is 5.32 Å². The van der Waals surface area contributed by atoms with Crippen molar-refractivity contribution in [2.45, 2.75) is 19.4 Å². The van der Waals surface area contributed by atoms with Crippen LogP contribution in [-0.2, 0) is 4.74 Å². The van der Waals surface area contributed by atoms with Crippen LogP contribution in [0, 0.1) is 5.82 Å². The number of hydrogen-bond donors (Lipinski definition) is 2. The molecule has 1 rings (SSSR count). The molecule has 0 unspecified atom stereocenters.